The van der Waals surface area contributed by atoms with Crippen LogP contribution in [0.2, 0.25) is 0 Å². The summed E-state index contributed by atoms with van der Waals surface area (Å²) in [4.78, 5) is 0. The monoisotopic (exact) mass is 379 g/mol. The van der Waals surface area contributed by atoms with Crippen LogP contribution >= 0.6 is 22.6 Å². The zero-order chi connectivity index (χ0) is 14.5. The van der Waals surface area contributed by atoms with E-state index in [4.69, 9.17) is 0 Å². The molecule has 0 bridgehead atoms. The summed E-state index contributed by atoms with van der Waals surface area (Å²) in [6.45, 7) is 7.58. The van der Waals surface area contributed by atoms with Crippen molar-refractivity contribution >= 4 is 22.6 Å². The molecule has 1 N–H and O–H groups in total. The van der Waals surface area contributed by atoms with Gasteiger partial charge in [-0.05, 0) is 72.7 Å². The van der Waals surface area contributed by atoms with Crippen LogP contribution in [-0.2, 0) is 0 Å². The molecule has 2 aromatic carbocycles. The van der Waals surface area contributed by atoms with Crippen molar-refractivity contribution in [2.24, 2.45) is 0 Å². The fraction of sp³-hybridized carbons (Fsp3) is 0.333. The maximum absolute atomic E-state index is 3.67. The Morgan fingerprint density at radius 3 is 2.10 bits per heavy atom. The first-order valence-electron chi connectivity index (χ1n) is 7.17. The molecule has 0 saturated carbocycles. The first-order valence-corrected chi connectivity index (χ1v) is 8.25. The number of benzene rings is 2. The minimum Gasteiger partial charge on any atom is -0.306 e. The van der Waals surface area contributed by atoms with Crippen LogP contribution < -0.4 is 5.32 Å². The zero-order valence-electron chi connectivity index (χ0n) is 12.4. The molecular formula is C18H22IN. The van der Waals surface area contributed by atoms with Crippen molar-refractivity contribution in [3.8, 4) is 0 Å². The lowest BCUT2D eigenvalue weighted by atomic mass is 9.95. The molecule has 106 valence electrons. The van der Waals surface area contributed by atoms with Gasteiger partial charge in [0.05, 0.1) is 6.04 Å². The van der Waals surface area contributed by atoms with Gasteiger partial charge in [-0.15, -0.1) is 0 Å². The van der Waals surface area contributed by atoms with Gasteiger partial charge in [-0.1, -0.05) is 48.4 Å². The molecule has 20 heavy (non-hydrogen) atoms. The average molecular weight is 379 g/mol. The molecule has 1 atom stereocenters. The van der Waals surface area contributed by atoms with Gasteiger partial charge in [0.15, 0.2) is 0 Å². The molecule has 0 aliphatic heterocycles. The molecule has 0 heterocycles. The van der Waals surface area contributed by atoms with Crippen molar-refractivity contribution < 1.29 is 0 Å². The number of hydrogen-bond donors (Lipinski definition) is 1. The van der Waals surface area contributed by atoms with Crippen LogP contribution in [0.4, 0.5) is 0 Å². The fourth-order valence-electron chi connectivity index (χ4n) is 2.55. The Balaban J connectivity index is 2.38. The van der Waals surface area contributed by atoms with Crippen molar-refractivity contribution in [2.75, 3.05) is 6.54 Å². The number of aryl methyl sites for hydroxylation is 2. The number of halogens is 1. The highest BCUT2D eigenvalue weighted by Gasteiger charge is 2.13. The first-order chi connectivity index (χ1) is 9.60. The number of rotatable bonds is 5. The normalized spacial score (nSPS) is 12.4. The van der Waals surface area contributed by atoms with Crippen LogP contribution in [0.1, 0.15) is 41.6 Å². The Kier molecular flexibility index (Phi) is 5.61. The lowest BCUT2D eigenvalue weighted by Gasteiger charge is -2.21. The van der Waals surface area contributed by atoms with E-state index >= 15 is 0 Å². The second-order valence-electron chi connectivity index (χ2n) is 5.36. The third kappa shape index (κ3) is 4.06. The second-order valence-corrected chi connectivity index (χ2v) is 6.61. The zero-order valence-corrected chi connectivity index (χ0v) is 14.6. The van der Waals surface area contributed by atoms with E-state index in [-0.39, 0.29) is 6.04 Å². The third-order valence-electron chi connectivity index (χ3n) is 3.38. The Morgan fingerprint density at radius 1 is 0.950 bits per heavy atom. The first kappa shape index (κ1) is 15.5. The summed E-state index contributed by atoms with van der Waals surface area (Å²) in [6, 6.07) is 15.9. The summed E-state index contributed by atoms with van der Waals surface area (Å²) >= 11 is 2.35. The summed E-state index contributed by atoms with van der Waals surface area (Å²) in [5.41, 5.74) is 5.35. The van der Waals surface area contributed by atoms with Gasteiger partial charge in [0, 0.05) is 3.57 Å². The molecular weight excluding hydrogens is 357 g/mol. The Labute approximate surface area is 135 Å². The minimum absolute atomic E-state index is 0.283. The van der Waals surface area contributed by atoms with E-state index in [2.05, 4.69) is 91.1 Å². The summed E-state index contributed by atoms with van der Waals surface area (Å²) < 4.78 is 1.28. The molecule has 0 radical (unpaired) electrons. The van der Waals surface area contributed by atoms with Crippen LogP contribution in [-0.4, -0.2) is 6.54 Å². The van der Waals surface area contributed by atoms with Crippen molar-refractivity contribution in [3.05, 3.63) is 68.3 Å². The summed E-state index contributed by atoms with van der Waals surface area (Å²) in [7, 11) is 0. The topological polar surface area (TPSA) is 12.0 Å². The molecule has 0 fully saturated rings. The third-order valence-corrected chi connectivity index (χ3v) is 4.10. The van der Waals surface area contributed by atoms with Crippen LogP contribution in [0, 0.1) is 17.4 Å². The van der Waals surface area contributed by atoms with Crippen LogP contribution in [0.5, 0.6) is 0 Å². The van der Waals surface area contributed by atoms with E-state index in [1.54, 1.807) is 0 Å². The van der Waals surface area contributed by atoms with Gasteiger partial charge in [-0.2, -0.15) is 0 Å². The fourth-order valence-corrected chi connectivity index (χ4v) is 2.91. The maximum Gasteiger partial charge on any atom is 0.0576 e. The summed E-state index contributed by atoms with van der Waals surface area (Å²) in [5.74, 6) is 0. The molecule has 0 spiro atoms. The van der Waals surface area contributed by atoms with Crippen LogP contribution in [0.25, 0.3) is 0 Å². The van der Waals surface area contributed by atoms with Gasteiger partial charge in [0.25, 0.3) is 0 Å². The van der Waals surface area contributed by atoms with Crippen molar-refractivity contribution in [2.45, 2.75) is 33.2 Å². The van der Waals surface area contributed by atoms with E-state index in [9.17, 15) is 0 Å². The number of hydrogen-bond acceptors (Lipinski definition) is 1. The molecule has 0 amide bonds. The van der Waals surface area contributed by atoms with Gasteiger partial charge >= 0.3 is 0 Å². The summed E-state index contributed by atoms with van der Waals surface area (Å²) in [6.07, 6.45) is 1.14. The second kappa shape index (κ2) is 7.23. The van der Waals surface area contributed by atoms with Gasteiger partial charge in [0.1, 0.15) is 0 Å². The van der Waals surface area contributed by atoms with Crippen molar-refractivity contribution in [1.29, 1.82) is 0 Å². The highest BCUT2D eigenvalue weighted by molar-refractivity contribution is 14.1. The standard InChI is InChI=1S/C18H22IN/c1-4-9-20-18(15-5-7-17(19)8-6-15)16-11-13(2)10-14(3)12-16/h5-8,10-12,18,20H,4,9H2,1-3H3. The molecule has 1 unspecified atom stereocenters. The predicted molar refractivity (Wildman–Crippen MR) is 95.2 cm³/mol. The molecule has 0 aliphatic rings. The van der Waals surface area contributed by atoms with E-state index in [1.807, 2.05) is 0 Å². The van der Waals surface area contributed by atoms with Gasteiger partial charge in [-0.3, -0.25) is 0 Å². The van der Waals surface area contributed by atoms with Crippen molar-refractivity contribution in [1.82, 2.24) is 5.32 Å². The lowest BCUT2D eigenvalue weighted by molar-refractivity contribution is 0.598. The van der Waals surface area contributed by atoms with Gasteiger partial charge < -0.3 is 5.32 Å². The number of nitrogens with one attached hydrogen (secondary N) is 1. The molecule has 0 saturated heterocycles. The lowest BCUT2D eigenvalue weighted by Crippen LogP contribution is -2.23. The molecule has 0 aromatic heterocycles. The predicted octanol–water partition coefficient (Wildman–Crippen LogP) is 5.00. The van der Waals surface area contributed by atoms with Gasteiger partial charge in [-0.25, -0.2) is 0 Å². The van der Waals surface area contributed by atoms with Gasteiger partial charge in [0.2, 0.25) is 0 Å². The minimum atomic E-state index is 0.283. The molecule has 2 rings (SSSR count). The molecule has 2 aromatic rings. The average Bonchev–Trinajstić information content (AvgIpc) is 2.40. The Bertz CT molecular complexity index is 540. The summed E-state index contributed by atoms with van der Waals surface area (Å²) in [5, 5.41) is 3.67. The SMILES string of the molecule is CCCNC(c1ccc(I)cc1)c1cc(C)cc(C)c1. The van der Waals surface area contributed by atoms with E-state index < -0.39 is 0 Å². The Morgan fingerprint density at radius 2 is 1.55 bits per heavy atom. The van der Waals surface area contributed by atoms with E-state index in [0.29, 0.717) is 0 Å². The van der Waals surface area contributed by atoms with Crippen molar-refractivity contribution in [3.63, 3.8) is 0 Å². The van der Waals surface area contributed by atoms with E-state index in [0.717, 1.165) is 13.0 Å². The largest absolute Gasteiger partial charge is 0.306 e. The molecule has 1 nitrogen and oxygen atoms in total. The Hall–Kier alpha value is -0.870. The van der Waals surface area contributed by atoms with Crippen LogP contribution in [0.3, 0.4) is 0 Å². The molecule has 2 heteroatoms. The van der Waals surface area contributed by atoms with Crippen LogP contribution in [0.15, 0.2) is 42.5 Å². The maximum atomic E-state index is 3.67. The smallest absolute Gasteiger partial charge is 0.0576 e. The van der Waals surface area contributed by atoms with E-state index in [1.165, 1.54) is 25.8 Å². The quantitative estimate of drug-likeness (QED) is 0.722. The molecule has 0 aliphatic carbocycles. The highest BCUT2D eigenvalue weighted by atomic mass is 127. The highest BCUT2D eigenvalue weighted by Crippen LogP contribution is 2.25.